The number of hydrogen-bond donors (Lipinski definition) is 1. The van der Waals surface area contributed by atoms with Crippen molar-refractivity contribution >= 4 is 12.4 Å². The summed E-state index contributed by atoms with van der Waals surface area (Å²) in [5.41, 5.74) is 4.87. The fraction of sp³-hybridized carbons (Fsp3) is 0.370. The molecule has 3 rings (SSSR count). The van der Waals surface area contributed by atoms with E-state index in [0.717, 1.165) is 54.0 Å². The van der Waals surface area contributed by atoms with Crippen molar-refractivity contribution in [1.29, 1.82) is 0 Å². The quantitative estimate of drug-likeness (QED) is 0.358. The number of benzene rings is 2. The fourth-order valence-corrected chi connectivity index (χ4v) is 3.67. The number of pyridine rings is 1. The van der Waals surface area contributed by atoms with Crippen molar-refractivity contribution in [2.75, 3.05) is 19.6 Å². The Morgan fingerprint density at radius 2 is 1.23 bits per heavy atom. The molecule has 3 aromatic rings. The van der Waals surface area contributed by atoms with Gasteiger partial charge in [-0.15, -0.1) is 12.4 Å². The average Bonchev–Trinajstić information content (AvgIpc) is 2.81. The van der Waals surface area contributed by atoms with Crippen LogP contribution in [0.1, 0.15) is 51.2 Å². The molecule has 1 aromatic heterocycles. The summed E-state index contributed by atoms with van der Waals surface area (Å²) >= 11 is 0. The average molecular weight is 439 g/mol. The Balaban J connectivity index is 0.00000341. The van der Waals surface area contributed by atoms with Crippen molar-refractivity contribution in [3.8, 4) is 22.5 Å². The third kappa shape index (κ3) is 7.46. The second-order valence-electron chi connectivity index (χ2n) is 7.93. The molecule has 2 aromatic carbocycles. The molecule has 1 heterocycles. The van der Waals surface area contributed by atoms with Gasteiger partial charge < -0.3 is 10.0 Å². The summed E-state index contributed by atoms with van der Waals surface area (Å²) in [4.78, 5) is 7.32. The molecule has 4 heteroatoms. The highest BCUT2D eigenvalue weighted by atomic mass is 35.5. The molecular weight excluding hydrogens is 404 g/mol. The van der Waals surface area contributed by atoms with Gasteiger partial charge in [-0.05, 0) is 43.6 Å². The zero-order valence-electron chi connectivity index (χ0n) is 18.7. The van der Waals surface area contributed by atoms with Crippen LogP contribution in [-0.4, -0.2) is 34.6 Å². The second kappa shape index (κ2) is 13.3. The summed E-state index contributed by atoms with van der Waals surface area (Å²) in [6, 6.07) is 24.5. The first-order valence-corrected chi connectivity index (χ1v) is 11.2. The van der Waals surface area contributed by atoms with E-state index in [0.29, 0.717) is 6.54 Å². The van der Waals surface area contributed by atoms with Crippen LogP contribution in [0.3, 0.4) is 0 Å². The van der Waals surface area contributed by atoms with Gasteiger partial charge in [0, 0.05) is 17.7 Å². The van der Waals surface area contributed by atoms with Crippen molar-refractivity contribution in [1.82, 2.24) is 9.88 Å². The lowest BCUT2D eigenvalue weighted by atomic mass is 10.0. The van der Waals surface area contributed by atoms with E-state index in [1.165, 1.54) is 12.8 Å². The first kappa shape index (κ1) is 25.1. The van der Waals surface area contributed by atoms with Gasteiger partial charge in [-0.25, -0.2) is 4.98 Å². The zero-order valence-corrected chi connectivity index (χ0v) is 19.5. The lowest BCUT2D eigenvalue weighted by Crippen LogP contribution is -2.30. The summed E-state index contributed by atoms with van der Waals surface area (Å²) in [5.74, 6) is 0. The van der Waals surface area contributed by atoms with Crippen LogP contribution in [-0.2, 0) is 0 Å². The third-order valence-corrected chi connectivity index (χ3v) is 5.46. The second-order valence-corrected chi connectivity index (χ2v) is 7.93. The zero-order chi connectivity index (χ0) is 21.2. The Labute approximate surface area is 193 Å². The topological polar surface area (TPSA) is 36.4 Å². The van der Waals surface area contributed by atoms with Gasteiger partial charge in [-0.2, -0.15) is 0 Å². The molecule has 1 N–H and O–H groups in total. The van der Waals surface area contributed by atoms with Crippen LogP contribution >= 0.6 is 12.4 Å². The monoisotopic (exact) mass is 438 g/mol. The Hall–Kier alpha value is -2.20. The molecule has 0 aliphatic rings. The van der Waals surface area contributed by atoms with Crippen LogP contribution in [0.5, 0.6) is 0 Å². The van der Waals surface area contributed by atoms with E-state index >= 15 is 0 Å². The van der Waals surface area contributed by atoms with Gasteiger partial charge in [-0.3, -0.25) is 0 Å². The molecule has 31 heavy (non-hydrogen) atoms. The molecule has 1 unspecified atom stereocenters. The summed E-state index contributed by atoms with van der Waals surface area (Å²) in [5, 5.41) is 11.2. The molecule has 0 aliphatic heterocycles. The summed E-state index contributed by atoms with van der Waals surface area (Å²) < 4.78 is 0. The van der Waals surface area contributed by atoms with Crippen molar-refractivity contribution in [2.45, 2.75) is 45.6 Å². The van der Waals surface area contributed by atoms with Gasteiger partial charge in [-0.1, -0.05) is 87.4 Å². The number of unbranched alkanes of at least 4 members (excludes halogenated alkanes) is 2. The van der Waals surface area contributed by atoms with Gasteiger partial charge in [0.25, 0.3) is 0 Å². The van der Waals surface area contributed by atoms with Crippen LogP contribution in [0.15, 0.2) is 72.8 Å². The summed E-state index contributed by atoms with van der Waals surface area (Å²) in [6.07, 6.45) is 4.13. The van der Waals surface area contributed by atoms with Crippen LogP contribution in [0.4, 0.5) is 0 Å². The molecule has 0 aliphatic carbocycles. The van der Waals surface area contributed by atoms with E-state index in [-0.39, 0.29) is 12.4 Å². The van der Waals surface area contributed by atoms with Crippen molar-refractivity contribution in [3.05, 3.63) is 78.4 Å². The molecule has 0 amide bonds. The smallest absolute Gasteiger partial charge is 0.0918 e. The molecule has 0 fully saturated rings. The third-order valence-electron chi connectivity index (χ3n) is 5.46. The molecule has 166 valence electrons. The van der Waals surface area contributed by atoms with Crippen molar-refractivity contribution in [3.63, 3.8) is 0 Å². The first-order chi connectivity index (χ1) is 14.7. The molecule has 3 nitrogen and oxygen atoms in total. The van der Waals surface area contributed by atoms with Gasteiger partial charge in [0.05, 0.1) is 17.5 Å². The highest BCUT2D eigenvalue weighted by molar-refractivity contribution is 5.85. The number of rotatable bonds is 11. The van der Waals surface area contributed by atoms with E-state index in [2.05, 4.69) is 43.0 Å². The minimum atomic E-state index is -0.536. The summed E-state index contributed by atoms with van der Waals surface area (Å²) in [6.45, 7) is 7.17. The van der Waals surface area contributed by atoms with E-state index < -0.39 is 6.10 Å². The number of aromatic nitrogens is 1. The maximum atomic E-state index is 11.2. The lowest BCUT2D eigenvalue weighted by molar-refractivity contribution is 0.111. The largest absolute Gasteiger partial charge is 0.387 e. The van der Waals surface area contributed by atoms with E-state index in [1.807, 2.05) is 48.5 Å². The van der Waals surface area contributed by atoms with Crippen LogP contribution in [0, 0.1) is 0 Å². The molecule has 0 saturated heterocycles. The van der Waals surface area contributed by atoms with Crippen LogP contribution < -0.4 is 0 Å². The fourth-order valence-electron chi connectivity index (χ4n) is 3.67. The van der Waals surface area contributed by atoms with Gasteiger partial charge in [0.1, 0.15) is 0 Å². The Morgan fingerprint density at radius 1 is 0.774 bits per heavy atom. The van der Waals surface area contributed by atoms with Crippen molar-refractivity contribution in [2.24, 2.45) is 0 Å². The van der Waals surface area contributed by atoms with Gasteiger partial charge >= 0.3 is 0 Å². The highest BCUT2D eigenvalue weighted by Crippen LogP contribution is 2.28. The predicted molar refractivity (Wildman–Crippen MR) is 134 cm³/mol. The SMILES string of the molecule is CCCCN(CCCC)CC(O)c1cc(-c2ccccc2)nc(-c2ccccc2)c1.Cl. The normalized spacial score (nSPS) is 11.9. The molecule has 0 bridgehead atoms. The predicted octanol–water partition coefficient (Wildman–Crippen LogP) is 6.77. The van der Waals surface area contributed by atoms with Crippen molar-refractivity contribution < 1.29 is 5.11 Å². The van der Waals surface area contributed by atoms with Crippen LogP contribution in [0.25, 0.3) is 22.5 Å². The minimum absolute atomic E-state index is 0. The highest BCUT2D eigenvalue weighted by Gasteiger charge is 2.16. The molecular formula is C27H35ClN2O. The maximum absolute atomic E-state index is 11.2. The van der Waals surface area contributed by atoms with E-state index in [1.54, 1.807) is 0 Å². The number of hydrogen-bond acceptors (Lipinski definition) is 3. The molecule has 1 atom stereocenters. The standard InChI is InChI=1S/C27H34N2O.ClH/c1-3-5-17-29(18-6-4-2)21-27(30)24-19-25(22-13-9-7-10-14-22)28-26(20-24)23-15-11-8-12-16-23;/h7-16,19-20,27,30H,3-6,17-18,21H2,1-2H3;1H. The lowest BCUT2D eigenvalue weighted by Gasteiger charge is -2.25. The molecule has 0 saturated carbocycles. The maximum Gasteiger partial charge on any atom is 0.0918 e. The van der Waals surface area contributed by atoms with Gasteiger partial charge in [0.2, 0.25) is 0 Å². The minimum Gasteiger partial charge on any atom is -0.387 e. The van der Waals surface area contributed by atoms with E-state index in [9.17, 15) is 5.11 Å². The number of halogens is 1. The number of aliphatic hydroxyl groups excluding tert-OH is 1. The number of nitrogens with zero attached hydrogens (tertiary/aromatic N) is 2. The Morgan fingerprint density at radius 3 is 1.65 bits per heavy atom. The number of aliphatic hydroxyl groups is 1. The Bertz CT molecular complexity index is 821. The summed E-state index contributed by atoms with van der Waals surface area (Å²) in [7, 11) is 0. The first-order valence-electron chi connectivity index (χ1n) is 11.2. The van der Waals surface area contributed by atoms with Crippen LogP contribution in [0.2, 0.25) is 0 Å². The van der Waals surface area contributed by atoms with Gasteiger partial charge in [0.15, 0.2) is 0 Å². The molecule has 0 spiro atoms. The Kier molecular flexibility index (Phi) is 10.7. The molecule has 0 radical (unpaired) electrons. The van der Waals surface area contributed by atoms with E-state index in [4.69, 9.17) is 4.98 Å².